The first-order valence-corrected chi connectivity index (χ1v) is 13.0. The minimum Gasteiger partial charge on any atom is -0.481 e. The van der Waals surface area contributed by atoms with Crippen LogP contribution in [0.25, 0.3) is 0 Å². The van der Waals surface area contributed by atoms with Gasteiger partial charge in [0.1, 0.15) is 11.5 Å². The minimum absolute atomic E-state index is 0.0842. The Labute approximate surface area is 206 Å². The standard InChI is InChI=1S/C28H34N4O3/c33-25(34)17-19-7-6-16-32(18-19)24-13-12-23(28(35)30-21-9-2-1-3-10-21)27(31-24)26-22-11-5-4-8-20(22)14-15-29-26/h4-5,8,11-13,19,21H,1-3,6-7,9-10,14-18H2,(H,30,35)(H,33,34). The maximum absolute atomic E-state index is 13.5. The first kappa shape index (κ1) is 23.5. The molecule has 2 aromatic rings. The highest BCUT2D eigenvalue weighted by molar-refractivity contribution is 6.18. The predicted octanol–water partition coefficient (Wildman–Crippen LogP) is 4.23. The summed E-state index contributed by atoms with van der Waals surface area (Å²) in [5.41, 5.74) is 4.24. The smallest absolute Gasteiger partial charge is 0.303 e. The molecule has 2 aliphatic heterocycles. The Kier molecular flexibility index (Phi) is 7.11. The summed E-state index contributed by atoms with van der Waals surface area (Å²) in [6, 6.07) is 12.2. The number of aliphatic carboxylic acids is 1. The molecule has 0 bridgehead atoms. The third kappa shape index (κ3) is 5.39. The number of aliphatic imine (C=N–C) groups is 1. The molecular formula is C28H34N4O3. The SMILES string of the molecule is O=C(O)CC1CCCN(c2ccc(C(=O)NC3CCCCC3)c(C3=NCCc4ccccc43)n2)C1. The number of hydrogen-bond acceptors (Lipinski definition) is 5. The van der Waals surface area contributed by atoms with E-state index in [9.17, 15) is 14.7 Å². The number of carbonyl (C=O) groups is 2. The summed E-state index contributed by atoms with van der Waals surface area (Å²) >= 11 is 0. The van der Waals surface area contributed by atoms with E-state index < -0.39 is 5.97 Å². The number of piperidine rings is 1. The number of anilines is 1. The van der Waals surface area contributed by atoms with Crippen LogP contribution in [0.4, 0.5) is 5.82 Å². The van der Waals surface area contributed by atoms with Gasteiger partial charge >= 0.3 is 5.97 Å². The number of fused-ring (bicyclic) bond motifs is 1. The van der Waals surface area contributed by atoms with Crippen LogP contribution in [0.3, 0.4) is 0 Å². The number of carbonyl (C=O) groups excluding carboxylic acids is 1. The molecule has 184 valence electrons. The largest absolute Gasteiger partial charge is 0.481 e. The molecule has 1 saturated heterocycles. The van der Waals surface area contributed by atoms with E-state index in [0.29, 0.717) is 24.3 Å². The molecule has 7 nitrogen and oxygen atoms in total. The van der Waals surface area contributed by atoms with Crippen molar-refractivity contribution >= 4 is 23.4 Å². The number of aromatic nitrogens is 1. The first-order valence-electron chi connectivity index (χ1n) is 13.0. The van der Waals surface area contributed by atoms with E-state index in [1.807, 2.05) is 24.3 Å². The predicted molar refractivity (Wildman–Crippen MR) is 136 cm³/mol. The molecule has 1 saturated carbocycles. The third-order valence-corrected chi connectivity index (χ3v) is 7.52. The molecule has 0 spiro atoms. The molecule has 3 aliphatic rings. The summed E-state index contributed by atoms with van der Waals surface area (Å²) in [5.74, 6) is 0.0519. The van der Waals surface area contributed by atoms with Crippen molar-refractivity contribution in [2.45, 2.75) is 63.8 Å². The van der Waals surface area contributed by atoms with Crippen LogP contribution in [0, 0.1) is 5.92 Å². The number of hydrogen-bond donors (Lipinski definition) is 2. The molecule has 1 atom stereocenters. The van der Waals surface area contributed by atoms with Gasteiger partial charge in [-0.05, 0) is 55.7 Å². The second kappa shape index (κ2) is 10.6. The quantitative estimate of drug-likeness (QED) is 0.653. The zero-order chi connectivity index (χ0) is 24.2. The molecule has 2 fully saturated rings. The van der Waals surface area contributed by atoms with Crippen LogP contribution in [0.2, 0.25) is 0 Å². The Bertz CT molecular complexity index is 1120. The second-order valence-corrected chi connectivity index (χ2v) is 10.1. The van der Waals surface area contributed by atoms with Gasteiger partial charge in [0.15, 0.2) is 0 Å². The summed E-state index contributed by atoms with van der Waals surface area (Å²) in [5, 5.41) is 12.5. The molecule has 1 amide bonds. The van der Waals surface area contributed by atoms with E-state index in [2.05, 4.69) is 22.3 Å². The molecule has 1 aromatic carbocycles. The summed E-state index contributed by atoms with van der Waals surface area (Å²) < 4.78 is 0. The first-order chi connectivity index (χ1) is 17.1. The normalized spacial score (nSPS) is 20.6. The number of rotatable bonds is 6. The van der Waals surface area contributed by atoms with Crippen molar-refractivity contribution in [3.63, 3.8) is 0 Å². The van der Waals surface area contributed by atoms with E-state index in [-0.39, 0.29) is 24.3 Å². The van der Waals surface area contributed by atoms with Gasteiger partial charge in [0.05, 0.1) is 11.3 Å². The Morgan fingerprint density at radius 2 is 1.86 bits per heavy atom. The van der Waals surface area contributed by atoms with Gasteiger partial charge < -0.3 is 15.3 Å². The average molecular weight is 475 g/mol. The van der Waals surface area contributed by atoms with Crippen molar-refractivity contribution in [3.8, 4) is 0 Å². The van der Waals surface area contributed by atoms with Gasteiger partial charge in [-0.2, -0.15) is 0 Å². The van der Waals surface area contributed by atoms with E-state index in [0.717, 1.165) is 68.6 Å². The van der Waals surface area contributed by atoms with Crippen LogP contribution >= 0.6 is 0 Å². The number of carboxylic acid groups (broad SMARTS) is 1. The fourth-order valence-corrected chi connectivity index (χ4v) is 5.73. The molecule has 3 heterocycles. The lowest BCUT2D eigenvalue weighted by Crippen LogP contribution is -2.38. The molecule has 1 aliphatic carbocycles. The Hall–Kier alpha value is -3.22. The average Bonchev–Trinajstić information content (AvgIpc) is 2.88. The Morgan fingerprint density at radius 3 is 2.69 bits per heavy atom. The number of carboxylic acids is 1. The number of pyridine rings is 1. The highest BCUT2D eigenvalue weighted by Gasteiger charge is 2.28. The number of amides is 1. The van der Waals surface area contributed by atoms with Gasteiger partial charge in [-0.1, -0.05) is 43.5 Å². The fourth-order valence-electron chi connectivity index (χ4n) is 5.73. The Balaban J connectivity index is 1.49. The van der Waals surface area contributed by atoms with Gasteiger partial charge in [0, 0.05) is 37.7 Å². The van der Waals surface area contributed by atoms with Crippen molar-refractivity contribution in [1.29, 1.82) is 0 Å². The molecular weight excluding hydrogens is 440 g/mol. The Morgan fingerprint density at radius 1 is 1.03 bits per heavy atom. The lowest BCUT2D eigenvalue weighted by Gasteiger charge is -2.33. The van der Waals surface area contributed by atoms with Crippen molar-refractivity contribution < 1.29 is 14.7 Å². The van der Waals surface area contributed by atoms with Gasteiger partial charge in [-0.15, -0.1) is 0 Å². The summed E-state index contributed by atoms with van der Waals surface area (Å²) in [6.07, 6.45) is 8.49. The van der Waals surface area contributed by atoms with Gasteiger partial charge in [-0.25, -0.2) is 4.98 Å². The van der Waals surface area contributed by atoms with Crippen LogP contribution in [-0.2, 0) is 11.2 Å². The maximum Gasteiger partial charge on any atom is 0.303 e. The molecule has 1 unspecified atom stereocenters. The third-order valence-electron chi connectivity index (χ3n) is 7.52. The van der Waals surface area contributed by atoms with Crippen LogP contribution in [0.5, 0.6) is 0 Å². The fraction of sp³-hybridized carbons (Fsp3) is 0.500. The molecule has 1 aromatic heterocycles. The van der Waals surface area contributed by atoms with Crippen molar-refractivity contribution in [3.05, 3.63) is 58.8 Å². The van der Waals surface area contributed by atoms with E-state index >= 15 is 0 Å². The monoisotopic (exact) mass is 474 g/mol. The van der Waals surface area contributed by atoms with Gasteiger partial charge in [0.25, 0.3) is 5.91 Å². The van der Waals surface area contributed by atoms with Gasteiger partial charge in [0.2, 0.25) is 0 Å². The molecule has 0 radical (unpaired) electrons. The maximum atomic E-state index is 13.5. The van der Waals surface area contributed by atoms with Crippen LogP contribution in [0.15, 0.2) is 41.4 Å². The highest BCUT2D eigenvalue weighted by atomic mass is 16.4. The zero-order valence-electron chi connectivity index (χ0n) is 20.2. The van der Waals surface area contributed by atoms with Crippen LogP contribution < -0.4 is 10.2 Å². The van der Waals surface area contributed by atoms with Crippen molar-refractivity contribution in [1.82, 2.24) is 10.3 Å². The molecule has 5 rings (SSSR count). The molecule has 2 N–H and O–H groups in total. The van der Waals surface area contributed by atoms with Gasteiger partial charge in [-0.3, -0.25) is 14.6 Å². The number of benzene rings is 1. The lowest BCUT2D eigenvalue weighted by molar-refractivity contribution is -0.138. The second-order valence-electron chi connectivity index (χ2n) is 10.1. The van der Waals surface area contributed by atoms with Crippen molar-refractivity contribution in [2.24, 2.45) is 10.9 Å². The van der Waals surface area contributed by atoms with E-state index in [1.54, 1.807) is 0 Å². The lowest BCUT2D eigenvalue weighted by atomic mass is 9.92. The highest BCUT2D eigenvalue weighted by Crippen LogP contribution is 2.28. The van der Waals surface area contributed by atoms with Crippen LogP contribution in [0.1, 0.15) is 78.5 Å². The number of nitrogens with one attached hydrogen (secondary N) is 1. The summed E-state index contributed by atoms with van der Waals surface area (Å²) in [7, 11) is 0. The van der Waals surface area contributed by atoms with Crippen molar-refractivity contribution in [2.75, 3.05) is 24.5 Å². The molecule has 35 heavy (non-hydrogen) atoms. The minimum atomic E-state index is -0.756. The van der Waals surface area contributed by atoms with E-state index in [4.69, 9.17) is 9.98 Å². The summed E-state index contributed by atoms with van der Waals surface area (Å²) in [4.78, 5) is 36.8. The summed E-state index contributed by atoms with van der Waals surface area (Å²) in [6.45, 7) is 2.17. The van der Waals surface area contributed by atoms with Crippen LogP contribution in [-0.4, -0.2) is 53.4 Å². The zero-order valence-corrected chi connectivity index (χ0v) is 20.2. The molecule has 7 heteroatoms. The number of nitrogens with zero attached hydrogens (tertiary/aromatic N) is 3. The topological polar surface area (TPSA) is 94.9 Å². The van der Waals surface area contributed by atoms with E-state index in [1.165, 1.54) is 12.0 Å².